The van der Waals surface area contributed by atoms with Crippen molar-refractivity contribution in [2.45, 2.75) is 6.04 Å². The molecule has 1 unspecified atom stereocenters. The highest BCUT2D eigenvalue weighted by Crippen LogP contribution is 2.22. The molecule has 5 nitrogen and oxygen atoms in total. The zero-order valence-corrected chi connectivity index (χ0v) is 11.8. The Labute approximate surface area is 118 Å². The Morgan fingerprint density at radius 3 is 3.00 bits per heavy atom. The number of methoxy groups -OCH3 is 1. The molecule has 0 bridgehead atoms. The summed E-state index contributed by atoms with van der Waals surface area (Å²) in [6, 6.07) is 3.95. The molecule has 0 spiro atoms. The summed E-state index contributed by atoms with van der Waals surface area (Å²) in [4.78, 5) is 15.9. The van der Waals surface area contributed by atoms with Crippen molar-refractivity contribution in [2.75, 3.05) is 20.3 Å². The number of hydrogen-bond donors (Lipinski definition) is 2. The molecule has 1 fully saturated rings. The Hall–Kier alpha value is -1.47. The van der Waals surface area contributed by atoms with E-state index in [1.54, 1.807) is 19.2 Å². The van der Waals surface area contributed by atoms with E-state index in [9.17, 15) is 9.18 Å². The van der Waals surface area contributed by atoms with Crippen LogP contribution in [-0.2, 0) is 9.53 Å². The van der Waals surface area contributed by atoms with Gasteiger partial charge in [0.25, 0.3) is 5.91 Å². The Morgan fingerprint density at radius 2 is 2.32 bits per heavy atom. The summed E-state index contributed by atoms with van der Waals surface area (Å²) >= 11 is 3.07. The fraction of sp³-hybridized carbons (Fsp3) is 0.333. The van der Waals surface area contributed by atoms with E-state index < -0.39 is 11.9 Å². The number of amides is 1. The van der Waals surface area contributed by atoms with E-state index in [4.69, 9.17) is 4.74 Å². The third-order valence-corrected chi connectivity index (χ3v) is 3.27. The number of benzene rings is 1. The van der Waals surface area contributed by atoms with Gasteiger partial charge in [-0.05, 0) is 33.6 Å². The van der Waals surface area contributed by atoms with Gasteiger partial charge < -0.3 is 10.1 Å². The van der Waals surface area contributed by atoms with E-state index in [-0.39, 0.29) is 5.91 Å². The van der Waals surface area contributed by atoms with Gasteiger partial charge in [0.2, 0.25) is 0 Å². The van der Waals surface area contributed by atoms with E-state index in [0.29, 0.717) is 29.1 Å². The molecule has 0 aliphatic carbocycles. The van der Waals surface area contributed by atoms with E-state index in [0.717, 1.165) is 0 Å². The van der Waals surface area contributed by atoms with Gasteiger partial charge in [0.15, 0.2) is 5.96 Å². The number of hydrogen-bond acceptors (Lipinski definition) is 3. The van der Waals surface area contributed by atoms with Crippen molar-refractivity contribution in [3.8, 4) is 0 Å². The number of halogens is 2. The second-order valence-corrected chi connectivity index (χ2v) is 4.82. The van der Waals surface area contributed by atoms with Crippen molar-refractivity contribution in [2.24, 2.45) is 4.99 Å². The maximum absolute atomic E-state index is 13.5. The molecule has 0 aromatic heterocycles. The molecule has 1 atom stereocenters. The molecule has 102 valence electrons. The fourth-order valence-electron chi connectivity index (χ4n) is 1.69. The second-order valence-electron chi connectivity index (χ2n) is 3.96. The number of carbonyl (C=O) groups is 1. The maximum Gasteiger partial charge on any atom is 0.253 e. The Balaban J connectivity index is 2.11. The van der Waals surface area contributed by atoms with Crippen molar-refractivity contribution < 1.29 is 13.9 Å². The molecule has 1 amide bonds. The molecule has 2 N–H and O–H groups in total. The zero-order chi connectivity index (χ0) is 13.8. The first-order valence-corrected chi connectivity index (χ1v) is 6.47. The molecule has 1 heterocycles. The lowest BCUT2D eigenvalue weighted by Gasteiger charge is -2.08. The van der Waals surface area contributed by atoms with E-state index in [1.165, 1.54) is 6.07 Å². The van der Waals surface area contributed by atoms with E-state index in [1.807, 2.05) is 0 Å². The quantitative estimate of drug-likeness (QED) is 0.820. The molecular weight excluding hydrogens is 317 g/mol. The number of nitrogens with zero attached hydrogens (tertiary/aromatic N) is 1. The van der Waals surface area contributed by atoms with Crippen molar-refractivity contribution in [1.82, 2.24) is 10.6 Å². The number of guanidine groups is 1. The van der Waals surface area contributed by atoms with Gasteiger partial charge in [0.05, 0.1) is 17.6 Å². The first kappa shape index (κ1) is 14.0. The molecular formula is C12H13BrFN3O2. The normalized spacial score (nSPS) is 20.5. The summed E-state index contributed by atoms with van der Waals surface area (Å²) in [5.41, 5.74) is 0.551. The minimum atomic E-state index is -0.621. The van der Waals surface area contributed by atoms with Crippen LogP contribution in [0.25, 0.3) is 0 Å². The highest BCUT2D eigenvalue weighted by Gasteiger charge is 2.29. The van der Waals surface area contributed by atoms with Gasteiger partial charge in [-0.1, -0.05) is 6.07 Å². The molecule has 1 saturated heterocycles. The summed E-state index contributed by atoms with van der Waals surface area (Å²) in [6.07, 6.45) is 0. The van der Waals surface area contributed by atoms with Gasteiger partial charge in [-0.15, -0.1) is 0 Å². The van der Waals surface area contributed by atoms with Crippen LogP contribution in [0.3, 0.4) is 0 Å². The Bertz CT molecular complexity index is 522. The number of aliphatic imine (C=N–C) groups is 1. The van der Waals surface area contributed by atoms with Crippen LogP contribution in [-0.4, -0.2) is 32.1 Å². The van der Waals surface area contributed by atoms with Gasteiger partial charge in [-0.2, -0.15) is 0 Å². The molecule has 2 rings (SSSR count). The minimum Gasteiger partial charge on any atom is -0.383 e. The van der Waals surface area contributed by atoms with Crippen molar-refractivity contribution >= 4 is 27.8 Å². The van der Waals surface area contributed by atoms with Crippen molar-refractivity contribution in [3.63, 3.8) is 0 Å². The summed E-state index contributed by atoms with van der Waals surface area (Å²) < 4.78 is 18.7. The summed E-state index contributed by atoms with van der Waals surface area (Å²) in [7, 11) is 1.58. The van der Waals surface area contributed by atoms with Crippen LogP contribution < -0.4 is 10.6 Å². The third kappa shape index (κ3) is 3.30. The Kier molecular flexibility index (Phi) is 4.49. The van der Waals surface area contributed by atoms with Crippen LogP contribution in [0.4, 0.5) is 4.39 Å². The van der Waals surface area contributed by atoms with Crippen LogP contribution >= 0.6 is 15.9 Å². The smallest absolute Gasteiger partial charge is 0.253 e. The topological polar surface area (TPSA) is 62.7 Å². The van der Waals surface area contributed by atoms with Crippen molar-refractivity contribution in [1.29, 1.82) is 0 Å². The van der Waals surface area contributed by atoms with Crippen LogP contribution in [0.1, 0.15) is 11.6 Å². The van der Waals surface area contributed by atoms with Gasteiger partial charge in [0.1, 0.15) is 11.9 Å². The maximum atomic E-state index is 13.5. The average Bonchev–Trinajstić information content (AvgIpc) is 2.74. The van der Waals surface area contributed by atoms with Crippen molar-refractivity contribution in [3.05, 3.63) is 34.1 Å². The number of ether oxygens (including phenoxy) is 1. The predicted octanol–water partition coefficient (Wildman–Crippen LogP) is 1.35. The van der Waals surface area contributed by atoms with Crippen LogP contribution in [0.2, 0.25) is 0 Å². The van der Waals surface area contributed by atoms with Gasteiger partial charge in [-0.3, -0.25) is 15.1 Å². The molecule has 1 aliphatic rings. The summed E-state index contributed by atoms with van der Waals surface area (Å²) in [5, 5.41) is 5.52. The fourth-order valence-corrected chi connectivity index (χ4v) is 1.93. The molecule has 19 heavy (non-hydrogen) atoms. The molecule has 1 aromatic rings. The predicted molar refractivity (Wildman–Crippen MR) is 72.3 cm³/mol. The third-order valence-electron chi connectivity index (χ3n) is 2.63. The van der Waals surface area contributed by atoms with Crippen LogP contribution in [0.5, 0.6) is 0 Å². The standard InChI is InChI=1S/C12H13BrFN3O2/c1-19-5-4-15-12-16-10(11(18)17-12)7-2-3-8(13)9(14)6-7/h2-3,6,10H,4-5H2,1H3,(H2,15,16,17,18). The molecule has 7 heteroatoms. The van der Waals surface area contributed by atoms with Crippen LogP contribution in [0.15, 0.2) is 27.7 Å². The Morgan fingerprint density at radius 1 is 1.53 bits per heavy atom. The number of nitrogens with one attached hydrogen (secondary N) is 2. The second kappa shape index (κ2) is 6.12. The lowest BCUT2D eigenvalue weighted by Crippen LogP contribution is -2.26. The first-order valence-electron chi connectivity index (χ1n) is 5.67. The minimum absolute atomic E-state index is 0.252. The van der Waals surface area contributed by atoms with E-state index in [2.05, 4.69) is 31.6 Å². The van der Waals surface area contributed by atoms with Gasteiger partial charge in [-0.25, -0.2) is 4.39 Å². The monoisotopic (exact) mass is 329 g/mol. The lowest BCUT2D eigenvalue weighted by atomic mass is 10.1. The summed E-state index contributed by atoms with van der Waals surface area (Å²) in [5.74, 6) is -0.273. The molecule has 0 saturated carbocycles. The number of rotatable bonds is 4. The highest BCUT2D eigenvalue weighted by molar-refractivity contribution is 9.10. The zero-order valence-electron chi connectivity index (χ0n) is 10.2. The molecule has 1 aromatic carbocycles. The summed E-state index contributed by atoms with van der Waals surface area (Å²) in [6.45, 7) is 0.916. The van der Waals surface area contributed by atoms with Crippen LogP contribution in [0, 0.1) is 5.82 Å². The highest BCUT2D eigenvalue weighted by atomic mass is 79.9. The van der Waals surface area contributed by atoms with Gasteiger partial charge >= 0.3 is 0 Å². The largest absolute Gasteiger partial charge is 0.383 e. The SMILES string of the molecule is COCCN=C1NC(=O)C(c2ccc(Br)c(F)c2)N1. The number of carbonyl (C=O) groups excluding carboxylic acids is 1. The molecule has 1 aliphatic heterocycles. The molecule has 0 radical (unpaired) electrons. The average molecular weight is 330 g/mol. The van der Waals surface area contributed by atoms with E-state index >= 15 is 0 Å². The lowest BCUT2D eigenvalue weighted by molar-refractivity contribution is -0.120. The van der Waals surface area contributed by atoms with Gasteiger partial charge in [0, 0.05) is 7.11 Å². The first-order chi connectivity index (χ1) is 9.11.